The highest BCUT2D eigenvalue weighted by Crippen LogP contribution is 2.37. The van der Waals surface area contributed by atoms with E-state index in [4.69, 9.17) is 9.47 Å². The molecule has 0 fully saturated rings. The number of phenolic OH excluding ortho intramolecular Hbond substituents is 2. The first-order chi connectivity index (χ1) is 12.9. The highest BCUT2D eigenvalue weighted by atomic mass is 16.5. The fourth-order valence-corrected chi connectivity index (χ4v) is 2.89. The van der Waals surface area contributed by atoms with E-state index in [1.165, 1.54) is 26.4 Å². The first-order valence-corrected chi connectivity index (χ1v) is 8.66. The SMILES string of the molecule is CCC(=O)CC(=O)CC(c1ccc(O)c(OC)c1)c1ccc(O)c(OC)c1. The summed E-state index contributed by atoms with van der Waals surface area (Å²) in [6.45, 7) is 1.72. The average Bonchev–Trinajstić information content (AvgIpc) is 2.67. The van der Waals surface area contributed by atoms with Gasteiger partial charge in [-0.15, -0.1) is 0 Å². The van der Waals surface area contributed by atoms with Gasteiger partial charge in [-0.1, -0.05) is 19.1 Å². The number of methoxy groups -OCH3 is 2. The monoisotopic (exact) mass is 372 g/mol. The molecule has 6 nitrogen and oxygen atoms in total. The summed E-state index contributed by atoms with van der Waals surface area (Å²) in [5.74, 6) is -0.0883. The Kier molecular flexibility index (Phi) is 6.82. The van der Waals surface area contributed by atoms with Gasteiger partial charge in [0.05, 0.1) is 20.6 Å². The van der Waals surface area contributed by atoms with Crippen molar-refractivity contribution in [2.45, 2.75) is 32.1 Å². The molecule has 0 radical (unpaired) electrons. The van der Waals surface area contributed by atoms with Crippen molar-refractivity contribution >= 4 is 11.6 Å². The molecule has 144 valence electrons. The van der Waals surface area contributed by atoms with Gasteiger partial charge in [0.2, 0.25) is 0 Å². The van der Waals surface area contributed by atoms with Crippen molar-refractivity contribution in [3.05, 3.63) is 47.5 Å². The summed E-state index contributed by atoms with van der Waals surface area (Å²) in [6.07, 6.45) is 0.307. The fourth-order valence-electron chi connectivity index (χ4n) is 2.89. The van der Waals surface area contributed by atoms with Crippen molar-refractivity contribution in [3.8, 4) is 23.0 Å². The van der Waals surface area contributed by atoms with Gasteiger partial charge in [0, 0.05) is 18.8 Å². The second kappa shape index (κ2) is 9.07. The molecule has 0 bridgehead atoms. The second-order valence-electron chi connectivity index (χ2n) is 6.23. The number of carbonyl (C=O) groups excluding carboxylic acids is 2. The van der Waals surface area contributed by atoms with Crippen LogP contribution in [-0.4, -0.2) is 36.0 Å². The number of aromatic hydroxyl groups is 2. The molecule has 0 aliphatic heterocycles. The molecule has 0 atom stereocenters. The van der Waals surface area contributed by atoms with Crippen molar-refractivity contribution in [2.75, 3.05) is 14.2 Å². The largest absolute Gasteiger partial charge is 0.504 e. The molecule has 6 heteroatoms. The molecule has 0 aliphatic carbocycles. The van der Waals surface area contributed by atoms with Crippen molar-refractivity contribution in [1.82, 2.24) is 0 Å². The van der Waals surface area contributed by atoms with Crippen LogP contribution in [0.3, 0.4) is 0 Å². The first-order valence-electron chi connectivity index (χ1n) is 8.66. The molecule has 2 rings (SSSR count). The molecule has 2 aromatic rings. The second-order valence-corrected chi connectivity index (χ2v) is 6.23. The number of ether oxygens (including phenoxy) is 2. The van der Waals surface area contributed by atoms with Crippen LogP contribution in [0.1, 0.15) is 43.2 Å². The molecule has 0 saturated carbocycles. The van der Waals surface area contributed by atoms with Gasteiger partial charge in [0.25, 0.3) is 0 Å². The van der Waals surface area contributed by atoms with Gasteiger partial charge >= 0.3 is 0 Å². The standard InChI is InChI=1S/C21H24O6/c1-4-15(22)11-16(23)12-17(13-5-7-18(24)20(9-13)26-2)14-6-8-19(25)21(10-14)27-3/h5-10,17,24-25H,4,11-12H2,1-3H3. The Labute approximate surface area is 158 Å². The third-order valence-electron chi connectivity index (χ3n) is 4.43. The Hall–Kier alpha value is -3.02. The van der Waals surface area contributed by atoms with E-state index in [0.717, 1.165) is 11.1 Å². The van der Waals surface area contributed by atoms with Gasteiger partial charge in [0.15, 0.2) is 23.0 Å². The number of Topliss-reactive ketones (excluding diaryl/α,β-unsaturated/α-hetero) is 2. The summed E-state index contributed by atoms with van der Waals surface area (Å²) in [5.41, 5.74) is 1.49. The van der Waals surface area contributed by atoms with E-state index in [-0.39, 0.29) is 41.8 Å². The lowest BCUT2D eigenvalue weighted by molar-refractivity contribution is -0.126. The quantitative estimate of drug-likeness (QED) is 0.654. The maximum Gasteiger partial charge on any atom is 0.160 e. The molecule has 0 aliphatic rings. The fraction of sp³-hybridized carbons (Fsp3) is 0.333. The molecule has 0 amide bonds. The highest BCUT2D eigenvalue weighted by molar-refractivity contribution is 5.99. The van der Waals surface area contributed by atoms with Crippen LogP contribution in [-0.2, 0) is 9.59 Å². The van der Waals surface area contributed by atoms with Crippen LogP contribution in [0.5, 0.6) is 23.0 Å². The van der Waals surface area contributed by atoms with Crippen molar-refractivity contribution < 1.29 is 29.3 Å². The van der Waals surface area contributed by atoms with E-state index in [2.05, 4.69) is 0 Å². The molecule has 0 unspecified atom stereocenters. The number of benzene rings is 2. The summed E-state index contributed by atoms with van der Waals surface area (Å²) in [6, 6.07) is 9.73. The zero-order valence-electron chi connectivity index (χ0n) is 15.7. The number of ketones is 2. The predicted molar refractivity (Wildman–Crippen MR) is 101 cm³/mol. The normalized spacial score (nSPS) is 10.7. The molecular formula is C21H24O6. The lowest BCUT2D eigenvalue weighted by Crippen LogP contribution is -2.12. The van der Waals surface area contributed by atoms with Crippen LogP contribution in [0.25, 0.3) is 0 Å². The van der Waals surface area contributed by atoms with E-state index >= 15 is 0 Å². The maximum atomic E-state index is 12.4. The van der Waals surface area contributed by atoms with Gasteiger partial charge in [-0.25, -0.2) is 0 Å². The van der Waals surface area contributed by atoms with Crippen molar-refractivity contribution in [3.63, 3.8) is 0 Å². The van der Waals surface area contributed by atoms with E-state index < -0.39 is 0 Å². The van der Waals surface area contributed by atoms with Crippen LogP contribution in [0.2, 0.25) is 0 Å². The Morgan fingerprint density at radius 3 is 1.78 bits per heavy atom. The Morgan fingerprint density at radius 2 is 1.37 bits per heavy atom. The molecule has 2 aromatic carbocycles. The zero-order valence-corrected chi connectivity index (χ0v) is 15.7. The van der Waals surface area contributed by atoms with E-state index in [1.807, 2.05) is 0 Å². The van der Waals surface area contributed by atoms with Crippen LogP contribution >= 0.6 is 0 Å². The van der Waals surface area contributed by atoms with E-state index in [0.29, 0.717) is 17.9 Å². The summed E-state index contributed by atoms with van der Waals surface area (Å²) in [4.78, 5) is 24.1. The molecule has 0 aromatic heterocycles. The number of phenols is 2. The lowest BCUT2D eigenvalue weighted by Gasteiger charge is -2.19. The van der Waals surface area contributed by atoms with E-state index in [1.54, 1.807) is 31.2 Å². The first kappa shape index (κ1) is 20.3. The number of hydrogen-bond acceptors (Lipinski definition) is 6. The molecule has 2 N–H and O–H groups in total. The lowest BCUT2D eigenvalue weighted by atomic mass is 9.85. The Balaban J connectivity index is 2.45. The van der Waals surface area contributed by atoms with Crippen molar-refractivity contribution in [2.24, 2.45) is 0 Å². The molecule has 0 heterocycles. The third-order valence-corrected chi connectivity index (χ3v) is 4.43. The molecular weight excluding hydrogens is 348 g/mol. The summed E-state index contributed by atoms with van der Waals surface area (Å²) in [7, 11) is 2.89. The predicted octanol–water partition coefficient (Wildman–Crippen LogP) is 3.58. The van der Waals surface area contributed by atoms with Crippen LogP contribution in [0.15, 0.2) is 36.4 Å². The average molecular weight is 372 g/mol. The Morgan fingerprint density at radius 1 is 0.889 bits per heavy atom. The minimum Gasteiger partial charge on any atom is -0.504 e. The van der Waals surface area contributed by atoms with E-state index in [9.17, 15) is 19.8 Å². The molecule has 0 saturated heterocycles. The summed E-state index contributed by atoms with van der Waals surface area (Å²) < 4.78 is 10.3. The van der Waals surface area contributed by atoms with Gasteiger partial charge in [-0.05, 0) is 35.4 Å². The van der Waals surface area contributed by atoms with Crippen LogP contribution < -0.4 is 9.47 Å². The zero-order chi connectivity index (χ0) is 20.0. The van der Waals surface area contributed by atoms with Crippen LogP contribution in [0, 0.1) is 0 Å². The number of hydrogen-bond donors (Lipinski definition) is 2. The number of rotatable bonds is 9. The van der Waals surface area contributed by atoms with Gasteiger partial charge < -0.3 is 19.7 Å². The van der Waals surface area contributed by atoms with Gasteiger partial charge in [-0.3, -0.25) is 9.59 Å². The maximum absolute atomic E-state index is 12.4. The highest BCUT2D eigenvalue weighted by Gasteiger charge is 2.22. The smallest absolute Gasteiger partial charge is 0.160 e. The third kappa shape index (κ3) is 5.00. The van der Waals surface area contributed by atoms with Gasteiger partial charge in [0.1, 0.15) is 11.6 Å². The summed E-state index contributed by atoms with van der Waals surface area (Å²) in [5, 5.41) is 19.7. The molecule has 0 spiro atoms. The number of carbonyl (C=O) groups is 2. The van der Waals surface area contributed by atoms with Crippen LogP contribution in [0.4, 0.5) is 0 Å². The Bertz CT molecular complexity index is 774. The van der Waals surface area contributed by atoms with Crippen molar-refractivity contribution in [1.29, 1.82) is 0 Å². The summed E-state index contributed by atoms with van der Waals surface area (Å²) >= 11 is 0. The van der Waals surface area contributed by atoms with Gasteiger partial charge in [-0.2, -0.15) is 0 Å². The molecule has 27 heavy (non-hydrogen) atoms. The minimum absolute atomic E-state index is 0.00391. The topological polar surface area (TPSA) is 93.1 Å². The minimum atomic E-state index is -0.383.